The molecule has 28 heavy (non-hydrogen) atoms. The molecule has 1 aliphatic rings. The molecule has 1 aromatic carbocycles. The standard InChI is InChI=1S/C22H28N2O3S/c1-22(2,3)21(26)24-20-18(16-8-6-5-7-9-17(16)28-20)19(25)23-14-10-12-15(27-4)13-11-14/h10-13H,5-9H2,1-4H3,(H,23,25)(H,24,26). The van der Waals surface area contributed by atoms with Gasteiger partial charge in [0.2, 0.25) is 5.91 Å². The zero-order chi connectivity index (χ0) is 20.3. The fraction of sp³-hybridized carbons (Fsp3) is 0.455. The topological polar surface area (TPSA) is 67.4 Å². The van der Waals surface area contributed by atoms with Crippen molar-refractivity contribution in [1.29, 1.82) is 0 Å². The Morgan fingerprint density at radius 3 is 2.32 bits per heavy atom. The molecule has 3 rings (SSSR count). The van der Waals surface area contributed by atoms with Crippen LogP contribution in [0.4, 0.5) is 10.7 Å². The molecule has 0 saturated carbocycles. The molecule has 5 nitrogen and oxygen atoms in total. The summed E-state index contributed by atoms with van der Waals surface area (Å²) in [6.45, 7) is 5.62. The summed E-state index contributed by atoms with van der Waals surface area (Å²) in [5.74, 6) is 0.483. The second-order valence-corrected chi connectivity index (χ2v) is 9.26. The molecular weight excluding hydrogens is 372 g/mol. The monoisotopic (exact) mass is 400 g/mol. The highest BCUT2D eigenvalue weighted by Crippen LogP contribution is 2.38. The molecule has 0 unspecified atom stereocenters. The number of nitrogens with one attached hydrogen (secondary N) is 2. The Kier molecular flexibility index (Phi) is 6.08. The molecular formula is C22H28N2O3S. The van der Waals surface area contributed by atoms with Gasteiger partial charge in [-0.05, 0) is 55.5 Å². The van der Waals surface area contributed by atoms with Crippen molar-refractivity contribution in [3.05, 3.63) is 40.3 Å². The lowest BCUT2D eigenvalue weighted by atomic mass is 9.95. The van der Waals surface area contributed by atoms with Gasteiger partial charge in [0, 0.05) is 16.0 Å². The van der Waals surface area contributed by atoms with Gasteiger partial charge in [-0.15, -0.1) is 11.3 Å². The Balaban J connectivity index is 1.92. The quantitative estimate of drug-likeness (QED) is 0.688. The molecule has 150 valence electrons. The van der Waals surface area contributed by atoms with Crippen LogP contribution in [-0.4, -0.2) is 18.9 Å². The third-order valence-corrected chi connectivity index (χ3v) is 6.11. The van der Waals surface area contributed by atoms with Gasteiger partial charge in [-0.25, -0.2) is 0 Å². The van der Waals surface area contributed by atoms with Crippen LogP contribution in [0.2, 0.25) is 0 Å². The van der Waals surface area contributed by atoms with Crippen molar-refractivity contribution in [2.45, 2.75) is 52.9 Å². The molecule has 0 fully saturated rings. The summed E-state index contributed by atoms with van der Waals surface area (Å²) in [4.78, 5) is 27.0. The maximum absolute atomic E-state index is 13.2. The van der Waals surface area contributed by atoms with E-state index in [1.165, 1.54) is 11.3 Å². The molecule has 6 heteroatoms. The Labute approximate surface area is 170 Å². The van der Waals surface area contributed by atoms with Gasteiger partial charge in [0.25, 0.3) is 5.91 Å². The maximum atomic E-state index is 13.2. The van der Waals surface area contributed by atoms with Crippen LogP contribution in [0.1, 0.15) is 60.8 Å². The molecule has 0 spiro atoms. The summed E-state index contributed by atoms with van der Waals surface area (Å²) in [7, 11) is 1.61. The summed E-state index contributed by atoms with van der Waals surface area (Å²) in [6.07, 6.45) is 5.21. The number of carbonyl (C=O) groups is 2. The van der Waals surface area contributed by atoms with E-state index >= 15 is 0 Å². The molecule has 2 amide bonds. The van der Waals surface area contributed by atoms with Gasteiger partial charge >= 0.3 is 0 Å². The van der Waals surface area contributed by atoms with Crippen LogP contribution in [0.25, 0.3) is 0 Å². The van der Waals surface area contributed by atoms with E-state index in [1.54, 1.807) is 18.4 Å². The highest BCUT2D eigenvalue weighted by molar-refractivity contribution is 7.17. The van der Waals surface area contributed by atoms with Crippen LogP contribution in [0.15, 0.2) is 24.3 Å². The SMILES string of the molecule is COc1ccc(NC(=O)c2c(NC(=O)C(C)(C)C)sc3c2CCCCC3)cc1. The lowest BCUT2D eigenvalue weighted by Gasteiger charge is -2.18. The second kappa shape index (κ2) is 8.35. The van der Waals surface area contributed by atoms with Gasteiger partial charge in [-0.2, -0.15) is 0 Å². The van der Waals surface area contributed by atoms with Crippen LogP contribution in [0.5, 0.6) is 5.75 Å². The first kappa shape index (κ1) is 20.4. The average Bonchev–Trinajstić information content (AvgIpc) is 2.82. The minimum absolute atomic E-state index is 0.0811. The van der Waals surface area contributed by atoms with E-state index in [0.717, 1.165) is 37.0 Å². The second-order valence-electron chi connectivity index (χ2n) is 8.16. The number of rotatable bonds is 4. The number of carbonyl (C=O) groups excluding carboxylic acids is 2. The lowest BCUT2D eigenvalue weighted by Crippen LogP contribution is -2.28. The fourth-order valence-corrected chi connectivity index (χ4v) is 4.51. The summed E-state index contributed by atoms with van der Waals surface area (Å²) < 4.78 is 5.17. The van der Waals surface area contributed by atoms with Crippen molar-refractivity contribution in [3.8, 4) is 5.75 Å². The normalized spacial score (nSPS) is 14.0. The van der Waals surface area contributed by atoms with Gasteiger partial charge in [-0.1, -0.05) is 27.2 Å². The molecule has 1 aromatic heterocycles. The Morgan fingerprint density at radius 2 is 1.68 bits per heavy atom. The molecule has 2 N–H and O–H groups in total. The zero-order valence-electron chi connectivity index (χ0n) is 17.0. The first-order chi connectivity index (χ1) is 13.3. The van der Waals surface area contributed by atoms with Crippen LogP contribution < -0.4 is 15.4 Å². The van der Waals surface area contributed by atoms with Gasteiger partial charge in [-0.3, -0.25) is 9.59 Å². The van der Waals surface area contributed by atoms with Crippen LogP contribution >= 0.6 is 11.3 Å². The zero-order valence-corrected chi connectivity index (χ0v) is 17.8. The number of methoxy groups -OCH3 is 1. The first-order valence-electron chi connectivity index (χ1n) is 9.71. The van der Waals surface area contributed by atoms with Crippen LogP contribution in [0.3, 0.4) is 0 Å². The molecule has 1 heterocycles. The highest BCUT2D eigenvalue weighted by atomic mass is 32.1. The summed E-state index contributed by atoms with van der Waals surface area (Å²) in [6, 6.07) is 7.25. The minimum Gasteiger partial charge on any atom is -0.497 e. The lowest BCUT2D eigenvalue weighted by molar-refractivity contribution is -0.123. The number of hydrogen-bond acceptors (Lipinski definition) is 4. The predicted molar refractivity (Wildman–Crippen MR) is 115 cm³/mol. The number of hydrogen-bond donors (Lipinski definition) is 2. The van der Waals surface area contributed by atoms with Gasteiger partial charge < -0.3 is 15.4 Å². The summed E-state index contributed by atoms with van der Waals surface area (Å²) in [5.41, 5.74) is 1.89. The largest absolute Gasteiger partial charge is 0.497 e. The van der Waals surface area contributed by atoms with Gasteiger partial charge in [0.15, 0.2) is 0 Å². The van der Waals surface area contributed by atoms with Crippen LogP contribution in [0, 0.1) is 5.41 Å². The number of amides is 2. The predicted octanol–water partition coefficient (Wildman–Crippen LogP) is 5.26. The number of aryl methyl sites for hydroxylation is 1. The summed E-state index contributed by atoms with van der Waals surface area (Å²) in [5, 5.41) is 6.66. The Hall–Kier alpha value is -2.34. The van der Waals surface area contributed by atoms with E-state index in [4.69, 9.17) is 4.74 Å². The third kappa shape index (κ3) is 4.55. The third-order valence-electron chi connectivity index (χ3n) is 4.90. The van der Waals surface area contributed by atoms with Crippen molar-refractivity contribution in [2.24, 2.45) is 5.41 Å². The Bertz CT molecular complexity index is 863. The van der Waals surface area contributed by atoms with Crippen molar-refractivity contribution < 1.29 is 14.3 Å². The molecule has 0 radical (unpaired) electrons. The van der Waals surface area contributed by atoms with Gasteiger partial charge in [0.1, 0.15) is 10.8 Å². The van der Waals surface area contributed by atoms with E-state index in [0.29, 0.717) is 16.3 Å². The smallest absolute Gasteiger partial charge is 0.258 e. The maximum Gasteiger partial charge on any atom is 0.258 e. The highest BCUT2D eigenvalue weighted by Gasteiger charge is 2.28. The average molecular weight is 401 g/mol. The number of anilines is 2. The van der Waals surface area contributed by atoms with Crippen LogP contribution in [-0.2, 0) is 17.6 Å². The summed E-state index contributed by atoms with van der Waals surface area (Å²) >= 11 is 1.55. The molecule has 0 saturated heterocycles. The molecule has 2 aromatic rings. The molecule has 0 aliphatic heterocycles. The number of thiophene rings is 1. The number of ether oxygens (including phenoxy) is 1. The van der Waals surface area contributed by atoms with E-state index < -0.39 is 5.41 Å². The van der Waals surface area contributed by atoms with Gasteiger partial charge in [0.05, 0.1) is 12.7 Å². The number of benzene rings is 1. The van der Waals surface area contributed by atoms with Crippen molar-refractivity contribution in [2.75, 3.05) is 17.7 Å². The van der Waals surface area contributed by atoms with Crippen molar-refractivity contribution in [1.82, 2.24) is 0 Å². The Morgan fingerprint density at radius 1 is 1.00 bits per heavy atom. The molecule has 0 bridgehead atoms. The van der Waals surface area contributed by atoms with E-state index in [1.807, 2.05) is 45.0 Å². The van der Waals surface area contributed by atoms with E-state index in [2.05, 4.69) is 10.6 Å². The molecule has 0 atom stereocenters. The van der Waals surface area contributed by atoms with Crippen molar-refractivity contribution >= 4 is 33.8 Å². The first-order valence-corrected chi connectivity index (χ1v) is 10.5. The minimum atomic E-state index is -0.523. The van der Waals surface area contributed by atoms with E-state index in [9.17, 15) is 9.59 Å². The molecule has 1 aliphatic carbocycles. The van der Waals surface area contributed by atoms with E-state index in [-0.39, 0.29) is 11.8 Å². The fourth-order valence-electron chi connectivity index (χ4n) is 3.23. The number of fused-ring (bicyclic) bond motifs is 1. The van der Waals surface area contributed by atoms with Crippen molar-refractivity contribution in [3.63, 3.8) is 0 Å².